The van der Waals surface area contributed by atoms with Crippen LogP contribution in [0.1, 0.15) is 0 Å². The van der Waals surface area contributed by atoms with E-state index in [0.717, 1.165) is 4.90 Å². The van der Waals surface area contributed by atoms with Gasteiger partial charge in [0.05, 0.1) is 6.54 Å². The predicted molar refractivity (Wildman–Crippen MR) is 52.0 cm³/mol. The van der Waals surface area contributed by atoms with Crippen molar-refractivity contribution in [3.63, 3.8) is 0 Å². The lowest BCUT2D eigenvalue weighted by atomic mass is 10.4. The Labute approximate surface area is 86.5 Å². The number of nitrogens with zero attached hydrogens (tertiary/aromatic N) is 1. The molecular formula is C8H13N3O4. The van der Waals surface area contributed by atoms with Crippen molar-refractivity contribution >= 4 is 17.9 Å². The number of carbonyl (C=O) groups excluding carboxylic acids is 2. The Kier molecular flexibility index (Phi) is 5.53. The second-order valence-corrected chi connectivity index (χ2v) is 2.69. The minimum absolute atomic E-state index is 0.0803. The summed E-state index contributed by atoms with van der Waals surface area (Å²) in [5, 5.41) is 10.7. The summed E-state index contributed by atoms with van der Waals surface area (Å²) < 4.78 is 0. The van der Waals surface area contributed by atoms with E-state index >= 15 is 0 Å². The predicted octanol–water partition coefficient (Wildman–Crippen LogP) is -1.25. The van der Waals surface area contributed by atoms with Crippen LogP contribution < -0.4 is 11.1 Å². The Morgan fingerprint density at radius 2 is 2.07 bits per heavy atom. The zero-order chi connectivity index (χ0) is 11.8. The number of urea groups is 1. The van der Waals surface area contributed by atoms with E-state index in [1.54, 1.807) is 0 Å². The van der Waals surface area contributed by atoms with Crippen molar-refractivity contribution in [3.8, 4) is 0 Å². The van der Waals surface area contributed by atoms with Gasteiger partial charge in [-0.2, -0.15) is 0 Å². The van der Waals surface area contributed by atoms with Gasteiger partial charge < -0.3 is 21.1 Å². The fourth-order valence-corrected chi connectivity index (χ4v) is 0.813. The highest BCUT2D eigenvalue weighted by atomic mass is 16.4. The Bertz CT molecular complexity index is 277. The van der Waals surface area contributed by atoms with Crippen LogP contribution in [0.3, 0.4) is 0 Å². The van der Waals surface area contributed by atoms with E-state index in [1.165, 1.54) is 6.08 Å². The van der Waals surface area contributed by atoms with Crippen LogP contribution in [-0.4, -0.2) is 47.5 Å². The molecule has 0 aliphatic rings. The molecule has 0 aromatic rings. The number of carbonyl (C=O) groups is 3. The van der Waals surface area contributed by atoms with Gasteiger partial charge >= 0.3 is 12.0 Å². The highest BCUT2D eigenvalue weighted by Crippen LogP contribution is 1.89. The summed E-state index contributed by atoms with van der Waals surface area (Å²) >= 11 is 0. The molecule has 84 valence electrons. The first-order valence-electron chi connectivity index (χ1n) is 4.11. The number of primary amides is 1. The molecule has 0 aliphatic carbocycles. The number of rotatable bonds is 6. The second kappa shape index (κ2) is 6.41. The SMILES string of the molecule is C=CCN(CC(=O)O)C(=O)NCC(N)=O. The average Bonchev–Trinajstić information content (AvgIpc) is 2.12. The van der Waals surface area contributed by atoms with Crippen LogP contribution in [0, 0.1) is 0 Å². The zero-order valence-electron chi connectivity index (χ0n) is 8.10. The van der Waals surface area contributed by atoms with Crippen LogP contribution in [-0.2, 0) is 9.59 Å². The lowest BCUT2D eigenvalue weighted by Crippen LogP contribution is -2.45. The molecule has 7 heteroatoms. The fourth-order valence-electron chi connectivity index (χ4n) is 0.813. The van der Waals surface area contributed by atoms with Gasteiger partial charge in [0.1, 0.15) is 6.54 Å². The highest BCUT2D eigenvalue weighted by Gasteiger charge is 2.15. The highest BCUT2D eigenvalue weighted by molar-refractivity contribution is 5.84. The monoisotopic (exact) mass is 215 g/mol. The molecule has 0 unspecified atom stereocenters. The average molecular weight is 215 g/mol. The van der Waals surface area contributed by atoms with Gasteiger partial charge in [0.2, 0.25) is 5.91 Å². The molecule has 0 saturated carbocycles. The van der Waals surface area contributed by atoms with Gasteiger partial charge in [-0.1, -0.05) is 6.08 Å². The first-order valence-corrected chi connectivity index (χ1v) is 4.11. The molecule has 0 aliphatic heterocycles. The fraction of sp³-hybridized carbons (Fsp3) is 0.375. The minimum atomic E-state index is -1.15. The van der Waals surface area contributed by atoms with Gasteiger partial charge in [-0.25, -0.2) is 4.79 Å². The number of aliphatic carboxylic acids is 1. The van der Waals surface area contributed by atoms with Crippen molar-refractivity contribution in [2.24, 2.45) is 5.73 Å². The Hall–Kier alpha value is -2.05. The molecule has 0 bridgehead atoms. The maximum Gasteiger partial charge on any atom is 0.323 e. The van der Waals surface area contributed by atoms with Gasteiger partial charge in [-0.3, -0.25) is 9.59 Å². The van der Waals surface area contributed by atoms with Crippen molar-refractivity contribution in [2.75, 3.05) is 19.6 Å². The summed E-state index contributed by atoms with van der Waals surface area (Å²) in [7, 11) is 0. The van der Waals surface area contributed by atoms with E-state index in [4.69, 9.17) is 10.8 Å². The lowest BCUT2D eigenvalue weighted by molar-refractivity contribution is -0.137. The molecule has 0 saturated heterocycles. The number of carboxylic acids is 1. The first-order chi connectivity index (χ1) is 6.97. The molecule has 7 nitrogen and oxygen atoms in total. The number of hydrogen-bond donors (Lipinski definition) is 3. The van der Waals surface area contributed by atoms with E-state index in [1.807, 2.05) is 0 Å². The third-order valence-electron chi connectivity index (χ3n) is 1.38. The summed E-state index contributed by atoms with van der Waals surface area (Å²) in [5.41, 5.74) is 4.81. The Balaban J connectivity index is 4.21. The largest absolute Gasteiger partial charge is 0.480 e. The number of amides is 3. The van der Waals surface area contributed by atoms with Crippen LogP contribution in [0.4, 0.5) is 4.79 Å². The van der Waals surface area contributed by atoms with E-state index in [2.05, 4.69) is 11.9 Å². The van der Waals surface area contributed by atoms with Crippen molar-refractivity contribution < 1.29 is 19.5 Å². The van der Waals surface area contributed by atoms with Gasteiger partial charge in [0, 0.05) is 6.54 Å². The van der Waals surface area contributed by atoms with Crippen molar-refractivity contribution in [3.05, 3.63) is 12.7 Å². The molecule has 15 heavy (non-hydrogen) atoms. The Morgan fingerprint density at radius 1 is 1.47 bits per heavy atom. The molecule has 3 amide bonds. The summed E-state index contributed by atoms with van der Waals surface area (Å²) in [4.78, 5) is 33.0. The molecule has 4 N–H and O–H groups in total. The third kappa shape index (κ3) is 6.08. The number of nitrogens with two attached hydrogens (primary N) is 1. The second-order valence-electron chi connectivity index (χ2n) is 2.69. The molecule has 0 spiro atoms. The number of hydrogen-bond acceptors (Lipinski definition) is 3. The van der Waals surface area contributed by atoms with E-state index in [0.29, 0.717) is 0 Å². The first kappa shape index (κ1) is 12.9. The van der Waals surface area contributed by atoms with Gasteiger partial charge in [0.25, 0.3) is 0 Å². The molecule has 0 aromatic heterocycles. The van der Waals surface area contributed by atoms with E-state index in [9.17, 15) is 14.4 Å². The summed E-state index contributed by atoms with van der Waals surface area (Å²) in [6.45, 7) is 2.67. The smallest absolute Gasteiger partial charge is 0.323 e. The molecule has 0 aromatic carbocycles. The molecule has 0 rings (SSSR count). The minimum Gasteiger partial charge on any atom is -0.480 e. The summed E-state index contributed by atoms with van der Waals surface area (Å²) in [6, 6.07) is -0.670. The summed E-state index contributed by atoms with van der Waals surface area (Å²) in [6.07, 6.45) is 1.38. The molecule has 0 heterocycles. The Morgan fingerprint density at radius 3 is 2.47 bits per heavy atom. The van der Waals surface area contributed by atoms with Gasteiger partial charge in [0.15, 0.2) is 0 Å². The van der Waals surface area contributed by atoms with Crippen LogP contribution in [0.2, 0.25) is 0 Å². The van der Waals surface area contributed by atoms with Crippen molar-refractivity contribution in [1.82, 2.24) is 10.2 Å². The van der Waals surface area contributed by atoms with Crippen LogP contribution in [0.15, 0.2) is 12.7 Å². The maximum absolute atomic E-state index is 11.3. The van der Waals surface area contributed by atoms with Crippen molar-refractivity contribution in [2.45, 2.75) is 0 Å². The third-order valence-corrected chi connectivity index (χ3v) is 1.38. The quantitative estimate of drug-likeness (QED) is 0.480. The number of nitrogens with one attached hydrogen (secondary N) is 1. The van der Waals surface area contributed by atoms with E-state index in [-0.39, 0.29) is 13.1 Å². The molecule has 0 atom stereocenters. The van der Waals surface area contributed by atoms with Gasteiger partial charge in [-0.15, -0.1) is 6.58 Å². The number of carboxylic acid groups (broad SMARTS) is 1. The molecule has 0 radical (unpaired) electrons. The zero-order valence-corrected chi connectivity index (χ0v) is 8.10. The summed E-state index contributed by atoms with van der Waals surface area (Å²) in [5.74, 6) is -1.84. The van der Waals surface area contributed by atoms with Crippen LogP contribution >= 0.6 is 0 Å². The molecular weight excluding hydrogens is 202 g/mol. The maximum atomic E-state index is 11.3. The van der Waals surface area contributed by atoms with Gasteiger partial charge in [-0.05, 0) is 0 Å². The lowest BCUT2D eigenvalue weighted by Gasteiger charge is -2.18. The van der Waals surface area contributed by atoms with Crippen LogP contribution in [0.5, 0.6) is 0 Å². The molecule has 0 fully saturated rings. The standard InChI is InChI=1S/C8H13N3O4/c1-2-3-11(5-7(13)14)8(15)10-4-6(9)12/h2H,1,3-5H2,(H2,9,12)(H,10,15)(H,13,14). The normalized spacial score (nSPS) is 9.07. The van der Waals surface area contributed by atoms with Crippen molar-refractivity contribution in [1.29, 1.82) is 0 Å². The van der Waals surface area contributed by atoms with Crippen LogP contribution in [0.25, 0.3) is 0 Å². The topological polar surface area (TPSA) is 113 Å². The van der Waals surface area contributed by atoms with E-state index < -0.39 is 24.5 Å².